The predicted octanol–water partition coefficient (Wildman–Crippen LogP) is 0.857. The highest BCUT2D eigenvalue weighted by molar-refractivity contribution is 5.86. The lowest BCUT2D eigenvalue weighted by molar-refractivity contribution is -0.118. The van der Waals surface area contributed by atoms with E-state index in [0.717, 1.165) is 5.57 Å². The number of rotatable bonds is 0. The van der Waals surface area contributed by atoms with Crippen LogP contribution in [0, 0.1) is 0 Å². The minimum absolute atomic E-state index is 0.143. The molecule has 62 valence electrons. The number of hydrogen-bond donors (Lipinski definition) is 1. The van der Waals surface area contributed by atoms with Gasteiger partial charge in [0.15, 0.2) is 0 Å². The maximum Gasteiger partial charge on any atom is 0.416 e. The number of carbonyl (C=O) groups excluding carboxylic acids is 2. The highest BCUT2D eigenvalue weighted by Crippen LogP contribution is 2.24. The summed E-state index contributed by atoms with van der Waals surface area (Å²) in [7, 11) is 0. The fourth-order valence-electron chi connectivity index (χ4n) is 1.21. The Morgan fingerprint density at radius 1 is 1.42 bits per heavy atom. The van der Waals surface area contributed by atoms with Gasteiger partial charge in [-0.2, -0.15) is 0 Å². The van der Waals surface area contributed by atoms with Crippen molar-refractivity contribution in [3.63, 3.8) is 0 Å². The number of nitrogens with one attached hydrogen (secondary N) is 1. The van der Waals surface area contributed by atoms with Gasteiger partial charge < -0.3 is 4.74 Å². The first kappa shape index (κ1) is 7.09. The molecule has 1 N–H and O–H groups in total. The van der Waals surface area contributed by atoms with Gasteiger partial charge in [-0.25, -0.2) is 4.79 Å². The fourth-order valence-corrected chi connectivity index (χ4v) is 1.21. The average molecular weight is 165 g/mol. The van der Waals surface area contributed by atoms with Crippen LogP contribution in [-0.4, -0.2) is 11.9 Å². The highest BCUT2D eigenvalue weighted by Gasteiger charge is 2.22. The van der Waals surface area contributed by atoms with E-state index >= 15 is 0 Å². The highest BCUT2D eigenvalue weighted by atomic mass is 16.6. The predicted molar refractivity (Wildman–Crippen MR) is 40.0 cm³/mol. The number of ketones is 1. The Hall–Kier alpha value is -1.58. The van der Waals surface area contributed by atoms with Crippen LogP contribution in [0.1, 0.15) is 12.8 Å². The third-order valence-corrected chi connectivity index (χ3v) is 1.79. The van der Waals surface area contributed by atoms with E-state index in [-0.39, 0.29) is 5.78 Å². The molecule has 2 rings (SSSR count). The van der Waals surface area contributed by atoms with Crippen LogP contribution >= 0.6 is 0 Å². The molecule has 0 aromatic heterocycles. The van der Waals surface area contributed by atoms with E-state index in [1.807, 2.05) is 0 Å². The SMILES string of the molecule is O=C1CC=C2OC(=O)NC=C2C1. The number of fused-ring (bicyclic) bond motifs is 1. The van der Waals surface area contributed by atoms with E-state index in [2.05, 4.69) is 5.32 Å². The second-order valence-electron chi connectivity index (χ2n) is 2.69. The molecule has 1 aliphatic heterocycles. The first-order chi connectivity index (χ1) is 5.75. The zero-order valence-electron chi connectivity index (χ0n) is 6.29. The molecule has 0 fully saturated rings. The summed E-state index contributed by atoms with van der Waals surface area (Å²) < 4.78 is 4.83. The number of Topliss-reactive ketones (excluding diaryl/α,β-unsaturated/α-hetero) is 1. The zero-order chi connectivity index (χ0) is 8.55. The van der Waals surface area contributed by atoms with Crippen LogP contribution in [0.4, 0.5) is 4.79 Å². The lowest BCUT2D eigenvalue weighted by Gasteiger charge is -2.19. The van der Waals surface area contributed by atoms with Crippen molar-refractivity contribution in [1.29, 1.82) is 0 Å². The van der Waals surface area contributed by atoms with Gasteiger partial charge >= 0.3 is 6.09 Å². The average Bonchev–Trinajstić information content (AvgIpc) is 2.05. The molecule has 4 nitrogen and oxygen atoms in total. The van der Waals surface area contributed by atoms with Crippen LogP contribution in [-0.2, 0) is 9.53 Å². The van der Waals surface area contributed by atoms with Gasteiger partial charge in [0.2, 0.25) is 0 Å². The summed E-state index contributed by atoms with van der Waals surface area (Å²) in [5.74, 6) is 0.670. The topological polar surface area (TPSA) is 55.4 Å². The Morgan fingerprint density at radius 2 is 2.25 bits per heavy atom. The number of alkyl carbamates (subject to hydrolysis) is 1. The first-order valence-corrected chi connectivity index (χ1v) is 3.65. The van der Waals surface area contributed by atoms with Gasteiger partial charge in [0.05, 0.1) is 0 Å². The minimum atomic E-state index is -0.487. The maximum atomic E-state index is 10.9. The van der Waals surface area contributed by atoms with Crippen molar-refractivity contribution in [3.05, 3.63) is 23.6 Å². The summed E-state index contributed by atoms with van der Waals surface area (Å²) in [4.78, 5) is 21.6. The number of allylic oxidation sites excluding steroid dienone is 2. The number of carbonyl (C=O) groups is 2. The number of amides is 1. The lowest BCUT2D eigenvalue weighted by atomic mass is 9.99. The van der Waals surface area contributed by atoms with E-state index in [0.29, 0.717) is 18.6 Å². The molecule has 12 heavy (non-hydrogen) atoms. The Labute approximate surface area is 68.9 Å². The molecule has 0 spiro atoms. The second-order valence-corrected chi connectivity index (χ2v) is 2.69. The van der Waals surface area contributed by atoms with E-state index < -0.39 is 6.09 Å². The van der Waals surface area contributed by atoms with Gasteiger partial charge in [-0.15, -0.1) is 0 Å². The zero-order valence-corrected chi connectivity index (χ0v) is 6.29. The van der Waals surface area contributed by atoms with E-state index in [9.17, 15) is 9.59 Å². The number of hydrogen-bond acceptors (Lipinski definition) is 3. The normalized spacial score (nSPS) is 21.7. The third kappa shape index (κ3) is 1.11. The smallest absolute Gasteiger partial charge is 0.410 e. The van der Waals surface area contributed by atoms with Gasteiger partial charge in [-0.05, 0) is 6.08 Å². The Kier molecular flexibility index (Phi) is 1.46. The van der Waals surface area contributed by atoms with Crippen LogP contribution in [0.2, 0.25) is 0 Å². The molecule has 1 heterocycles. The van der Waals surface area contributed by atoms with Crippen LogP contribution in [0.15, 0.2) is 23.6 Å². The number of ether oxygens (including phenoxy) is 1. The Morgan fingerprint density at radius 3 is 3.08 bits per heavy atom. The second kappa shape index (κ2) is 2.48. The summed E-state index contributed by atoms with van der Waals surface area (Å²) in [6, 6.07) is 0. The molecule has 0 saturated heterocycles. The summed E-state index contributed by atoms with van der Waals surface area (Å²) in [5, 5.41) is 2.39. The molecule has 2 aliphatic rings. The van der Waals surface area contributed by atoms with Crippen molar-refractivity contribution in [2.75, 3.05) is 0 Å². The van der Waals surface area contributed by atoms with Gasteiger partial charge in [-0.3, -0.25) is 10.1 Å². The van der Waals surface area contributed by atoms with Crippen molar-refractivity contribution in [2.24, 2.45) is 0 Å². The van der Waals surface area contributed by atoms with E-state index in [1.54, 1.807) is 6.08 Å². The Bertz CT molecular complexity index is 282. The fraction of sp³-hybridized carbons (Fsp3) is 0.250. The standard InChI is InChI=1S/C8H7NO3/c10-6-1-2-7-5(3-6)4-9-8(11)12-7/h2,4H,1,3H2,(H,9,11). The molecule has 0 saturated carbocycles. The van der Waals surface area contributed by atoms with E-state index in [4.69, 9.17) is 4.74 Å². The molecule has 0 atom stereocenters. The van der Waals surface area contributed by atoms with Gasteiger partial charge in [0.25, 0.3) is 0 Å². The van der Waals surface area contributed by atoms with Crippen LogP contribution in [0.5, 0.6) is 0 Å². The molecular formula is C8H7NO3. The maximum absolute atomic E-state index is 10.9. The van der Waals surface area contributed by atoms with Crippen LogP contribution in [0.25, 0.3) is 0 Å². The molecule has 1 aliphatic carbocycles. The molecule has 0 unspecified atom stereocenters. The van der Waals surface area contributed by atoms with Gasteiger partial charge in [0.1, 0.15) is 11.5 Å². The summed E-state index contributed by atoms with van der Waals surface area (Å²) in [6.07, 6.45) is 3.39. The molecule has 0 radical (unpaired) electrons. The lowest BCUT2D eigenvalue weighted by Crippen LogP contribution is -2.26. The van der Waals surface area contributed by atoms with Crippen molar-refractivity contribution < 1.29 is 14.3 Å². The largest absolute Gasteiger partial charge is 0.416 e. The molecule has 0 aromatic rings. The minimum Gasteiger partial charge on any atom is -0.410 e. The van der Waals surface area contributed by atoms with E-state index in [1.165, 1.54) is 6.20 Å². The first-order valence-electron chi connectivity index (χ1n) is 3.65. The molecule has 1 amide bonds. The van der Waals surface area contributed by atoms with Gasteiger partial charge in [-0.1, -0.05) is 0 Å². The monoisotopic (exact) mass is 165 g/mol. The van der Waals surface area contributed by atoms with Crippen molar-refractivity contribution >= 4 is 11.9 Å². The van der Waals surface area contributed by atoms with Crippen molar-refractivity contribution in [3.8, 4) is 0 Å². The molecular weight excluding hydrogens is 158 g/mol. The van der Waals surface area contributed by atoms with Gasteiger partial charge in [0, 0.05) is 24.6 Å². The molecule has 0 aromatic carbocycles. The molecule has 0 bridgehead atoms. The van der Waals surface area contributed by atoms with Crippen molar-refractivity contribution in [2.45, 2.75) is 12.8 Å². The summed E-state index contributed by atoms with van der Waals surface area (Å²) >= 11 is 0. The quantitative estimate of drug-likeness (QED) is 0.579. The van der Waals surface area contributed by atoms with Crippen LogP contribution < -0.4 is 5.32 Å². The van der Waals surface area contributed by atoms with Crippen molar-refractivity contribution in [1.82, 2.24) is 5.32 Å². The molecule has 4 heteroatoms. The van der Waals surface area contributed by atoms with Crippen LogP contribution in [0.3, 0.4) is 0 Å². The third-order valence-electron chi connectivity index (χ3n) is 1.79. The Balaban J connectivity index is 2.31. The summed E-state index contributed by atoms with van der Waals surface area (Å²) in [5.41, 5.74) is 0.755. The summed E-state index contributed by atoms with van der Waals surface area (Å²) in [6.45, 7) is 0.